The van der Waals surface area contributed by atoms with Crippen molar-refractivity contribution in [3.05, 3.63) is 52.1 Å². The molecule has 1 amide bonds. The van der Waals surface area contributed by atoms with Crippen molar-refractivity contribution < 1.29 is 18.0 Å². The molecule has 0 bridgehead atoms. The normalized spacial score (nSPS) is 15.1. The van der Waals surface area contributed by atoms with E-state index in [4.69, 9.17) is 11.6 Å². The smallest absolute Gasteiger partial charge is 0.352 e. The van der Waals surface area contributed by atoms with Gasteiger partial charge < -0.3 is 9.80 Å². The first-order chi connectivity index (χ1) is 14.1. The Morgan fingerprint density at radius 2 is 1.80 bits per heavy atom. The van der Waals surface area contributed by atoms with E-state index < -0.39 is 11.7 Å². The molecule has 3 aromatic heterocycles. The number of anilines is 1. The summed E-state index contributed by atoms with van der Waals surface area (Å²) < 4.78 is 40.1. The van der Waals surface area contributed by atoms with Crippen LogP contribution in [0.2, 0.25) is 5.02 Å². The van der Waals surface area contributed by atoms with Crippen LogP contribution in [-0.2, 0) is 6.18 Å². The van der Waals surface area contributed by atoms with Gasteiger partial charge in [0.25, 0.3) is 5.91 Å². The summed E-state index contributed by atoms with van der Waals surface area (Å²) >= 11 is 6.04. The second-order valence-electron chi connectivity index (χ2n) is 7.14. The van der Waals surface area contributed by atoms with Crippen LogP contribution in [-0.4, -0.2) is 56.6 Å². The number of carbonyl (C=O) groups is 1. The fourth-order valence-corrected chi connectivity index (χ4v) is 3.82. The number of amides is 1. The zero-order valence-electron chi connectivity index (χ0n) is 16.2. The Kier molecular flexibility index (Phi) is 5.05. The first kappa shape index (κ1) is 20.4. The van der Waals surface area contributed by atoms with Gasteiger partial charge in [-0.15, -0.1) is 0 Å². The molecule has 158 valence electrons. The summed E-state index contributed by atoms with van der Waals surface area (Å²) in [5.41, 5.74) is 1.70. The standard InChI is InChI=1S/C19H18ClF3N6O/c1-11-7-12(2)29-16(26-11)14(10-25-29)18(30)28-5-3-27(4-6-28)17-15(20)8-13(9-24-17)19(21,22)23/h7-10H,3-6H2,1-2H3. The lowest BCUT2D eigenvalue weighted by molar-refractivity contribution is -0.137. The van der Waals surface area contributed by atoms with E-state index in [1.807, 2.05) is 19.9 Å². The number of hydrogen-bond donors (Lipinski definition) is 0. The van der Waals surface area contributed by atoms with Gasteiger partial charge in [0.2, 0.25) is 0 Å². The molecule has 0 unspecified atom stereocenters. The Hall–Kier alpha value is -2.88. The number of rotatable bonds is 2. The fraction of sp³-hybridized carbons (Fsp3) is 0.368. The van der Waals surface area contributed by atoms with Crippen LogP contribution >= 0.6 is 11.6 Å². The van der Waals surface area contributed by atoms with Crippen LogP contribution in [0.5, 0.6) is 0 Å². The van der Waals surface area contributed by atoms with Crippen molar-refractivity contribution in [2.24, 2.45) is 0 Å². The molecule has 1 aliphatic rings. The summed E-state index contributed by atoms with van der Waals surface area (Å²) in [6.07, 6.45) is -2.22. The summed E-state index contributed by atoms with van der Waals surface area (Å²) in [4.78, 5) is 24.8. The Morgan fingerprint density at radius 3 is 2.43 bits per heavy atom. The zero-order chi connectivity index (χ0) is 21.6. The summed E-state index contributed by atoms with van der Waals surface area (Å²) in [5, 5.41) is 4.19. The number of carbonyl (C=O) groups excluding carboxylic acids is 1. The monoisotopic (exact) mass is 438 g/mol. The highest BCUT2D eigenvalue weighted by molar-refractivity contribution is 6.33. The van der Waals surface area contributed by atoms with E-state index in [1.54, 1.807) is 14.3 Å². The van der Waals surface area contributed by atoms with Gasteiger partial charge in [0.05, 0.1) is 16.8 Å². The molecule has 0 spiro atoms. The molecule has 4 rings (SSSR count). The highest BCUT2D eigenvalue weighted by Crippen LogP contribution is 2.33. The summed E-state index contributed by atoms with van der Waals surface area (Å²) in [6, 6.07) is 2.75. The van der Waals surface area contributed by atoms with Gasteiger partial charge in [-0.1, -0.05) is 11.6 Å². The number of alkyl halides is 3. The molecule has 1 saturated heterocycles. The summed E-state index contributed by atoms with van der Waals surface area (Å²) in [7, 11) is 0. The maximum absolute atomic E-state index is 13.0. The van der Waals surface area contributed by atoms with Crippen molar-refractivity contribution in [2.75, 3.05) is 31.1 Å². The van der Waals surface area contributed by atoms with Gasteiger partial charge in [-0.25, -0.2) is 14.5 Å². The maximum atomic E-state index is 13.0. The lowest BCUT2D eigenvalue weighted by Crippen LogP contribution is -2.49. The van der Waals surface area contributed by atoms with Gasteiger partial charge in [-0.2, -0.15) is 18.3 Å². The third-order valence-corrected chi connectivity index (χ3v) is 5.30. The molecule has 0 aliphatic carbocycles. The van der Waals surface area contributed by atoms with Gasteiger partial charge in [-0.3, -0.25) is 4.79 Å². The second-order valence-corrected chi connectivity index (χ2v) is 7.55. The molecule has 1 aliphatic heterocycles. The van der Waals surface area contributed by atoms with Crippen LogP contribution in [0.25, 0.3) is 5.65 Å². The second kappa shape index (κ2) is 7.42. The van der Waals surface area contributed by atoms with Crippen LogP contribution in [0.1, 0.15) is 27.3 Å². The largest absolute Gasteiger partial charge is 0.417 e. The predicted octanol–water partition coefficient (Wildman–Crippen LogP) is 3.38. The number of pyridine rings is 1. The number of aromatic nitrogens is 4. The maximum Gasteiger partial charge on any atom is 0.417 e. The van der Waals surface area contributed by atoms with Crippen LogP contribution in [0.3, 0.4) is 0 Å². The number of halogens is 4. The Balaban J connectivity index is 1.49. The molecule has 0 atom stereocenters. The van der Waals surface area contributed by atoms with Crippen molar-refractivity contribution in [2.45, 2.75) is 20.0 Å². The van der Waals surface area contributed by atoms with Crippen LogP contribution in [0.15, 0.2) is 24.5 Å². The minimum absolute atomic E-state index is 0.0672. The highest BCUT2D eigenvalue weighted by Gasteiger charge is 2.33. The predicted molar refractivity (Wildman–Crippen MR) is 105 cm³/mol. The number of piperazine rings is 1. The number of fused-ring (bicyclic) bond motifs is 1. The van der Waals surface area contributed by atoms with Crippen LogP contribution in [0, 0.1) is 13.8 Å². The van der Waals surface area contributed by atoms with Crippen molar-refractivity contribution in [1.29, 1.82) is 0 Å². The van der Waals surface area contributed by atoms with Gasteiger partial charge >= 0.3 is 6.18 Å². The first-order valence-electron chi connectivity index (χ1n) is 9.24. The molecule has 30 heavy (non-hydrogen) atoms. The molecule has 3 aromatic rings. The van der Waals surface area contributed by atoms with Crippen molar-refractivity contribution in [3.8, 4) is 0 Å². The number of hydrogen-bond acceptors (Lipinski definition) is 5. The Morgan fingerprint density at radius 1 is 1.10 bits per heavy atom. The molecule has 4 heterocycles. The molecule has 1 fully saturated rings. The molecule has 0 saturated carbocycles. The van der Waals surface area contributed by atoms with E-state index in [2.05, 4.69) is 15.1 Å². The van der Waals surface area contributed by atoms with Crippen molar-refractivity contribution >= 4 is 29.0 Å². The molecule has 7 nitrogen and oxygen atoms in total. The molecular weight excluding hydrogens is 421 g/mol. The zero-order valence-corrected chi connectivity index (χ0v) is 17.0. The topological polar surface area (TPSA) is 66.6 Å². The molecular formula is C19H18ClF3N6O. The highest BCUT2D eigenvalue weighted by atomic mass is 35.5. The van der Waals surface area contributed by atoms with E-state index in [0.29, 0.717) is 37.4 Å². The average molecular weight is 439 g/mol. The molecule has 0 aromatic carbocycles. The lowest BCUT2D eigenvalue weighted by atomic mass is 10.2. The fourth-order valence-electron chi connectivity index (χ4n) is 3.53. The Labute approximate surface area is 175 Å². The third kappa shape index (κ3) is 3.67. The Bertz CT molecular complexity index is 1120. The summed E-state index contributed by atoms with van der Waals surface area (Å²) in [5.74, 6) is 0.0919. The molecule has 11 heteroatoms. The number of aryl methyl sites for hydroxylation is 2. The van der Waals surface area contributed by atoms with E-state index in [-0.39, 0.29) is 16.7 Å². The van der Waals surface area contributed by atoms with E-state index in [1.165, 1.54) is 6.20 Å². The minimum atomic E-state index is -4.50. The molecule has 0 N–H and O–H groups in total. The number of nitrogens with zero attached hydrogens (tertiary/aromatic N) is 6. The van der Waals surface area contributed by atoms with E-state index in [9.17, 15) is 18.0 Å². The third-order valence-electron chi connectivity index (χ3n) is 5.02. The quantitative estimate of drug-likeness (QED) is 0.613. The minimum Gasteiger partial charge on any atom is -0.352 e. The lowest BCUT2D eigenvalue weighted by Gasteiger charge is -2.35. The van der Waals surface area contributed by atoms with Crippen LogP contribution in [0.4, 0.5) is 19.0 Å². The first-order valence-corrected chi connectivity index (χ1v) is 9.62. The van der Waals surface area contributed by atoms with Crippen LogP contribution < -0.4 is 4.90 Å². The van der Waals surface area contributed by atoms with E-state index in [0.717, 1.165) is 23.7 Å². The average Bonchev–Trinajstić information content (AvgIpc) is 3.11. The van der Waals surface area contributed by atoms with E-state index >= 15 is 0 Å². The van der Waals surface area contributed by atoms with Gasteiger partial charge in [0.1, 0.15) is 11.4 Å². The molecule has 0 radical (unpaired) electrons. The van der Waals surface area contributed by atoms with Gasteiger partial charge in [-0.05, 0) is 26.0 Å². The van der Waals surface area contributed by atoms with Crippen molar-refractivity contribution in [1.82, 2.24) is 24.5 Å². The SMILES string of the molecule is Cc1cc(C)n2ncc(C(=O)N3CCN(c4ncc(C(F)(F)F)cc4Cl)CC3)c2n1. The summed E-state index contributed by atoms with van der Waals surface area (Å²) in [6.45, 7) is 5.29. The van der Waals surface area contributed by atoms with Crippen molar-refractivity contribution in [3.63, 3.8) is 0 Å². The van der Waals surface area contributed by atoms with Gasteiger partial charge in [0, 0.05) is 43.8 Å². The van der Waals surface area contributed by atoms with Gasteiger partial charge in [0.15, 0.2) is 5.65 Å².